The van der Waals surface area contributed by atoms with Crippen LogP contribution in [0.3, 0.4) is 0 Å². The van der Waals surface area contributed by atoms with Crippen molar-refractivity contribution in [2.75, 3.05) is 0 Å². The van der Waals surface area contributed by atoms with Crippen LogP contribution < -0.4 is 0 Å². The maximum Gasteiger partial charge on any atom is 0.0623 e. The monoisotopic (exact) mass is 364 g/mol. The molecule has 0 unspecified atom stereocenters. The summed E-state index contributed by atoms with van der Waals surface area (Å²) in [6, 6.07) is 0. The first-order chi connectivity index (χ1) is 12.1. The molecular weight excluding hydrogens is 320 g/mol. The highest BCUT2D eigenvalue weighted by atomic mass is 16.3. The summed E-state index contributed by atoms with van der Waals surface area (Å²) in [5, 5.41) is 20.4. The third-order valence-corrected chi connectivity index (χ3v) is 6.27. The molecule has 1 aliphatic rings. The van der Waals surface area contributed by atoms with E-state index in [9.17, 15) is 10.2 Å². The molecule has 0 amide bonds. The molecule has 2 nitrogen and oxygen atoms in total. The standard InChI is InChI=1S/C24H44O2/c1-7-10-21(25)15-18-24(6,26)17-8-11-19(2)13-14-22-20(3)12-9-16-23(22,4)5/h11,21,25-26H,7-10,12-18H2,1-6H3/t21-,24-/m0/s1. The van der Waals surface area contributed by atoms with Crippen molar-refractivity contribution in [1.29, 1.82) is 0 Å². The Balaban J connectivity index is 2.41. The van der Waals surface area contributed by atoms with Gasteiger partial charge in [0.05, 0.1) is 11.7 Å². The lowest BCUT2D eigenvalue weighted by molar-refractivity contribution is 0.0241. The van der Waals surface area contributed by atoms with Crippen LogP contribution in [-0.4, -0.2) is 21.9 Å². The van der Waals surface area contributed by atoms with Crippen LogP contribution in [0.15, 0.2) is 22.8 Å². The van der Waals surface area contributed by atoms with E-state index < -0.39 is 5.60 Å². The van der Waals surface area contributed by atoms with Crippen molar-refractivity contribution in [2.24, 2.45) is 5.41 Å². The van der Waals surface area contributed by atoms with Gasteiger partial charge in [0.15, 0.2) is 0 Å². The lowest BCUT2D eigenvalue weighted by Crippen LogP contribution is -2.25. The van der Waals surface area contributed by atoms with Crippen molar-refractivity contribution >= 4 is 0 Å². The summed E-state index contributed by atoms with van der Waals surface area (Å²) < 4.78 is 0. The summed E-state index contributed by atoms with van der Waals surface area (Å²) in [4.78, 5) is 0. The minimum Gasteiger partial charge on any atom is -0.393 e. The number of hydrogen-bond donors (Lipinski definition) is 2. The first-order valence-electron chi connectivity index (χ1n) is 10.8. The molecule has 0 fully saturated rings. The topological polar surface area (TPSA) is 40.5 Å². The molecular formula is C24H44O2. The van der Waals surface area contributed by atoms with E-state index in [0.717, 1.165) is 32.1 Å². The summed E-state index contributed by atoms with van der Waals surface area (Å²) in [6.07, 6.45) is 13.2. The van der Waals surface area contributed by atoms with E-state index in [2.05, 4.69) is 40.7 Å². The normalized spacial score (nSPS) is 21.6. The fourth-order valence-corrected chi connectivity index (χ4v) is 4.36. The van der Waals surface area contributed by atoms with Crippen LogP contribution in [0.1, 0.15) is 112 Å². The van der Waals surface area contributed by atoms with Crippen LogP contribution in [0.4, 0.5) is 0 Å². The number of rotatable bonds is 11. The second-order valence-corrected chi connectivity index (χ2v) is 9.56. The van der Waals surface area contributed by atoms with Crippen molar-refractivity contribution in [3.8, 4) is 0 Å². The Hall–Kier alpha value is -0.600. The van der Waals surface area contributed by atoms with Gasteiger partial charge >= 0.3 is 0 Å². The largest absolute Gasteiger partial charge is 0.393 e. The Labute approximate surface area is 162 Å². The maximum atomic E-state index is 10.5. The Bertz CT molecular complexity index is 482. The van der Waals surface area contributed by atoms with E-state index in [4.69, 9.17) is 0 Å². The van der Waals surface area contributed by atoms with Crippen molar-refractivity contribution in [3.63, 3.8) is 0 Å². The molecule has 0 saturated carbocycles. The lowest BCUT2D eigenvalue weighted by Gasteiger charge is -2.35. The van der Waals surface area contributed by atoms with Gasteiger partial charge in [-0.25, -0.2) is 0 Å². The van der Waals surface area contributed by atoms with Gasteiger partial charge in [-0.3, -0.25) is 0 Å². The van der Waals surface area contributed by atoms with Gasteiger partial charge in [-0.1, -0.05) is 50.0 Å². The fourth-order valence-electron chi connectivity index (χ4n) is 4.36. The average molecular weight is 365 g/mol. The number of hydrogen-bond acceptors (Lipinski definition) is 2. The molecule has 0 aromatic heterocycles. The molecule has 0 aromatic carbocycles. The van der Waals surface area contributed by atoms with Crippen molar-refractivity contribution in [3.05, 3.63) is 22.8 Å². The molecule has 1 aliphatic carbocycles. The van der Waals surface area contributed by atoms with Crippen LogP contribution in [0.5, 0.6) is 0 Å². The van der Waals surface area contributed by atoms with Gasteiger partial charge < -0.3 is 10.2 Å². The highest BCUT2D eigenvalue weighted by molar-refractivity contribution is 5.23. The lowest BCUT2D eigenvalue weighted by atomic mass is 9.71. The quantitative estimate of drug-likeness (QED) is 0.400. The predicted molar refractivity (Wildman–Crippen MR) is 113 cm³/mol. The van der Waals surface area contributed by atoms with Gasteiger partial charge in [0.25, 0.3) is 0 Å². The molecule has 2 atom stereocenters. The van der Waals surface area contributed by atoms with E-state index in [1.165, 1.54) is 31.3 Å². The average Bonchev–Trinajstić information content (AvgIpc) is 2.52. The van der Waals surface area contributed by atoms with Crippen LogP contribution in [0.2, 0.25) is 0 Å². The molecule has 2 N–H and O–H groups in total. The summed E-state index contributed by atoms with van der Waals surface area (Å²) >= 11 is 0. The smallest absolute Gasteiger partial charge is 0.0623 e. The summed E-state index contributed by atoms with van der Waals surface area (Å²) in [7, 11) is 0. The third kappa shape index (κ3) is 8.39. The molecule has 0 aliphatic heterocycles. The Kier molecular flexibility index (Phi) is 9.61. The minimum atomic E-state index is -0.671. The van der Waals surface area contributed by atoms with Gasteiger partial charge in [0.1, 0.15) is 0 Å². The van der Waals surface area contributed by atoms with Gasteiger partial charge in [-0.15, -0.1) is 0 Å². The molecule has 26 heavy (non-hydrogen) atoms. The van der Waals surface area contributed by atoms with Crippen molar-refractivity contribution in [2.45, 2.75) is 124 Å². The molecule has 0 aromatic rings. The minimum absolute atomic E-state index is 0.265. The van der Waals surface area contributed by atoms with E-state index in [1.54, 1.807) is 11.1 Å². The van der Waals surface area contributed by atoms with Gasteiger partial charge in [0, 0.05) is 0 Å². The summed E-state index contributed by atoms with van der Waals surface area (Å²) in [5.74, 6) is 0. The van der Waals surface area contributed by atoms with E-state index >= 15 is 0 Å². The van der Waals surface area contributed by atoms with Crippen LogP contribution >= 0.6 is 0 Å². The van der Waals surface area contributed by atoms with Crippen LogP contribution in [-0.2, 0) is 0 Å². The Morgan fingerprint density at radius 3 is 2.58 bits per heavy atom. The first-order valence-corrected chi connectivity index (χ1v) is 10.8. The molecule has 0 saturated heterocycles. The summed E-state index contributed by atoms with van der Waals surface area (Å²) in [5.41, 5.74) is 4.42. The van der Waals surface area contributed by atoms with Gasteiger partial charge in [-0.2, -0.15) is 0 Å². The molecule has 152 valence electrons. The second kappa shape index (κ2) is 10.7. The van der Waals surface area contributed by atoms with E-state index in [0.29, 0.717) is 18.3 Å². The summed E-state index contributed by atoms with van der Waals surface area (Å²) in [6.45, 7) is 13.3. The zero-order valence-electron chi connectivity index (χ0n) is 18.3. The highest BCUT2D eigenvalue weighted by Gasteiger charge is 2.27. The SMILES string of the molecule is CCC[C@H](O)CC[C@@](C)(O)CCC=C(C)CCC1=C(C)CCCC1(C)C. The fraction of sp³-hybridized carbons (Fsp3) is 0.833. The second-order valence-electron chi connectivity index (χ2n) is 9.56. The molecule has 0 heterocycles. The first kappa shape index (κ1) is 23.4. The third-order valence-electron chi connectivity index (χ3n) is 6.27. The van der Waals surface area contributed by atoms with Crippen LogP contribution in [0, 0.1) is 5.41 Å². The van der Waals surface area contributed by atoms with E-state index in [1.807, 2.05) is 6.92 Å². The Morgan fingerprint density at radius 2 is 1.96 bits per heavy atom. The zero-order chi connectivity index (χ0) is 19.8. The van der Waals surface area contributed by atoms with Gasteiger partial charge in [0.2, 0.25) is 0 Å². The predicted octanol–water partition coefficient (Wildman–Crippen LogP) is 6.71. The number of aliphatic hydroxyl groups excluding tert-OH is 1. The molecule has 2 heteroatoms. The molecule has 0 spiro atoms. The zero-order valence-corrected chi connectivity index (χ0v) is 18.3. The molecule has 0 radical (unpaired) electrons. The van der Waals surface area contributed by atoms with E-state index in [-0.39, 0.29) is 6.10 Å². The van der Waals surface area contributed by atoms with Gasteiger partial charge in [-0.05, 0) is 90.4 Å². The molecule has 0 bridgehead atoms. The number of allylic oxidation sites excluding steroid dienone is 4. The highest BCUT2D eigenvalue weighted by Crippen LogP contribution is 2.42. The van der Waals surface area contributed by atoms with Crippen molar-refractivity contribution < 1.29 is 10.2 Å². The maximum absolute atomic E-state index is 10.5. The van der Waals surface area contributed by atoms with Crippen molar-refractivity contribution in [1.82, 2.24) is 0 Å². The Morgan fingerprint density at radius 1 is 1.27 bits per heavy atom. The van der Waals surface area contributed by atoms with Crippen LogP contribution in [0.25, 0.3) is 0 Å². The molecule has 1 rings (SSSR count). The number of aliphatic hydroxyl groups is 2.